The van der Waals surface area contributed by atoms with E-state index in [2.05, 4.69) is 56.7 Å². The van der Waals surface area contributed by atoms with Crippen LogP contribution in [0.4, 0.5) is 10.5 Å². The third-order valence-electron chi connectivity index (χ3n) is 6.75. The summed E-state index contributed by atoms with van der Waals surface area (Å²) in [6.45, 7) is 13.7. The number of para-hydroxylation sites is 1. The van der Waals surface area contributed by atoms with Crippen molar-refractivity contribution in [1.82, 2.24) is 14.3 Å². The van der Waals surface area contributed by atoms with E-state index >= 15 is 0 Å². The lowest BCUT2D eigenvalue weighted by Gasteiger charge is -2.49. The van der Waals surface area contributed by atoms with E-state index in [1.807, 2.05) is 64.9 Å². The molecule has 2 heterocycles. The quantitative estimate of drug-likeness (QED) is 0.172. The van der Waals surface area contributed by atoms with Crippen LogP contribution in [-0.4, -0.2) is 59.6 Å². The summed E-state index contributed by atoms with van der Waals surface area (Å²) in [6.07, 6.45) is 2.40. The fraction of sp³-hybridized carbons (Fsp3) is 0.467. The highest BCUT2D eigenvalue weighted by Crippen LogP contribution is 2.44. The largest absolute Gasteiger partial charge is 0.496 e. The predicted molar refractivity (Wildman–Crippen MR) is 171 cm³/mol. The van der Waals surface area contributed by atoms with Crippen molar-refractivity contribution in [3.8, 4) is 0 Å². The molecule has 214 valence electrons. The van der Waals surface area contributed by atoms with Gasteiger partial charge in [-0.05, 0) is 52.1 Å². The van der Waals surface area contributed by atoms with E-state index in [0.29, 0.717) is 25.2 Å². The molecule has 0 saturated carbocycles. The highest BCUT2D eigenvalue weighted by Gasteiger charge is 2.44. The van der Waals surface area contributed by atoms with Gasteiger partial charge in [0.25, 0.3) is 0 Å². The van der Waals surface area contributed by atoms with Gasteiger partial charge < -0.3 is 4.74 Å². The van der Waals surface area contributed by atoms with Gasteiger partial charge in [-0.2, -0.15) is 0 Å². The Balaban J connectivity index is 0.00000127. The van der Waals surface area contributed by atoms with Gasteiger partial charge in [0.1, 0.15) is 5.76 Å². The summed E-state index contributed by atoms with van der Waals surface area (Å²) in [6, 6.07) is 17.6. The lowest BCUT2D eigenvalue weighted by molar-refractivity contribution is -0.107. The summed E-state index contributed by atoms with van der Waals surface area (Å²) < 4.78 is 8.47. The number of halogens is 1. The third-order valence-corrected chi connectivity index (χ3v) is 8.83. The number of piperidine rings is 1. The molecule has 1 fully saturated rings. The number of carbonyl (C=O) groups excluding carboxylic acids is 2. The van der Waals surface area contributed by atoms with E-state index in [0.717, 1.165) is 30.0 Å². The standard InChI is InChI=1S/C26H31IN4O3S.2C2H6/c1-4-19-11-13-20(14-12-19)23-15-24-22(16-31(23)35-27)25(34-5-2)17-30(28(24)3)26(33)29(18-32)21-9-7-6-8-10-21;2*1-2/h6-14,18,23-24H,4-5,15-17H2,1-3H3;2*1-2H3. The van der Waals surface area contributed by atoms with Gasteiger partial charge in [0, 0.05) is 46.4 Å². The molecule has 2 atom stereocenters. The minimum absolute atomic E-state index is 0.0193. The fourth-order valence-corrected chi connectivity index (χ4v) is 6.55. The van der Waals surface area contributed by atoms with Crippen molar-refractivity contribution in [2.24, 2.45) is 0 Å². The molecule has 0 N–H and O–H groups in total. The molecule has 4 rings (SSSR count). The van der Waals surface area contributed by atoms with Gasteiger partial charge in [0.05, 0.1) is 24.9 Å². The van der Waals surface area contributed by atoms with Crippen molar-refractivity contribution in [2.75, 3.05) is 31.6 Å². The number of urea groups is 1. The molecule has 2 aliphatic rings. The Labute approximate surface area is 251 Å². The highest BCUT2D eigenvalue weighted by atomic mass is 127. The first-order valence-corrected chi connectivity index (χ1v) is 17.2. The Morgan fingerprint density at radius 3 is 2.21 bits per heavy atom. The Bertz CT molecular complexity index is 1070. The average Bonchev–Trinajstić information content (AvgIpc) is 3.01. The molecule has 0 radical (unpaired) electrons. The van der Waals surface area contributed by atoms with E-state index < -0.39 is 0 Å². The smallest absolute Gasteiger partial charge is 0.346 e. The highest BCUT2D eigenvalue weighted by molar-refractivity contribution is 14.2. The summed E-state index contributed by atoms with van der Waals surface area (Å²) in [5.74, 6) is 0.818. The molecule has 1 saturated heterocycles. The number of rotatable bonds is 7. The topological polar surface area (TPSA) is 56.3 Å². The molecule has 7 nitrogen and oxygen atoms in total. The van der Waals surface area contributed by atoms with Crippen LogP contribution in [0.25, 0.3) is 0 Å². The van der Waals surface area contributed by atoms with E-state index in [1.54, 1.807) is 26.3 Å². The van der Waals surface area contributed by atoms with Crippen LogP contribution in [-0.2, 0) is 16.0 Å². The Hall–Kier alpha value is -2.08. The van der Waals surface area contributed by atoms with Gasteiger partial charge >= 0.3 is 6.03 Å². The molecular weight excluding hydrogens is 623 g/mol. The number of anilines is 1. The fourth-order valence-electron chi connectivity index (χ4n) is 4.82. The van der Waals surface area contributed by atoms with E-state index in [4.69, 9.17) is 4.74 Å². The third kappa shape index (κ3) is 7.77. The number of carbonyl (C=O) groups is 2. The zero-order chi connectivity index (χ0) is 28.9. The molecule has 9 heteroatoms. The van der Waals surface area contributed by atoms with Gasteiger partial charge in [-0.1, -0.05) is 77.1 Å². The number of benzene rings is 2. The van der Waals surface area contributed by atoms with E-state index in [1.165, 1.54) is 16.7 Å². The van der Waals surface area contributed by atoms with E-state index in [-0.39, 0.29) is 18.1 Å². The molecule has 39 heavy (non-hydrogen) atoms. The number of likely N-dealkylation sites (N-methyl/N-ethyl adjacent to an activating group) is 1. The number of nitrogens with zero attached hydrogens (tertiary/aromatic N) is 4. The first kappa shape index (κ1) is 33.1. The second kappa shape index (κ2) is 16.9. The van der Waals surface area contributed by atoms with Gasteiger partial charge in [0.15, 0.2) is 0 Å². The predicted octanol–water partition coefficient (Wildman–Crippen LogP) is 7.65. The minimum Gasteiger partial charge on any atom is -0.496 e. The number of aryl methyl sites for hydroxylation is 1. The van der Waals surface area contributed by atoms with E-state index in [9.17, 15) is 9.59 Å². The number of fused-ring (bicyclic) bond motifs is 1. The maximum absolute atomic E-state index is 13.6. The first-order chi connectivity index (χ1) is 19.0. The van der Waals surface area contributed by atoms with Crippen molar-refractivity contribution >= 4 is 48.5 Å². The van der Waals surface area contributed by atoms with Crippen LogP contribution in [0.3, 0.4) is 0 Å². The molecule has 0 spiro atoms. The number of hydrazine groups is 1. The second-order valence-corrected chi connectivity index (χ2v) is 10.4. The Morgan fingerprint density at radius 1 is 1.03 bits per heavy atom. The summed E-state index contributed by atoms with van der Waals surface area (Å²) in [7, 11) is 3.64. The number of hydrogen-bond donors (Lipinski definition) is 0. The summed E-state index contributed by atoms with van der Waals surface area (Å²) in [4.78, 5) is 26.7. The molecule has 3 amide bonds. The molecule has 0 bridgehead atoms. The number of amides is 3. The number of hydrogen-bond acceptors (Lipinski definition) is 6. The SMILES string of the molecule is CC.CC.CCOC1=C2CN(SI)C(c3ccc(CC)cc3)CC2N(C)N(C(=O)N(C=O)c2ccccc2)C1. The normalized spacial score (nSPS) is 19.1. The van der Waals surface area contributed by atoms with Gasteiger partial charge in [-0.15, -0.1) is 0 Å². The lowest BCUT2D eigenvalue weighted by Crippen LogP contribution is -2.60. The van der Waals surface area contributed by atoms with Crippen LogP contribution in [0.2, 0.25) is 0 Å². The molecule has 2 unspecified atom stereocenters. The van der Waals surface area contributed by atoms with Crippen molar-refractivity contribution in [2.45, 2.75) is 66.5 Å². The van der Waals surface area contributed by atoms with Gasteiger partial charge in [-0.3, -0.25) is 4.79 Å². The number of ether oxygens (including phenoxy) is 1. The Kier molecular flexibility index (Phi) is 14.3. The van der Waals surface area contributed by atoms with Gasteiger partial charge in [-0.25, -0.2) is 24.0 Å². The molecular formula is C30H43IN4O3S. The van der Waals surface area contributed by atoms with Gasteiger partial charge in [0.2, 0.25) is 6.41 Å². The van der Waals surface area contributed by atoms with Crippen LogP contribution >= 0.6 is 30.3 Å². The van der Waals surface area contributed by atoms with Crippen molar-refractivity contribution in [1.29, 1.82) is 0 Å². The van der Waals surface area contributed by atoms with Crippen LogP contribution in [0.5, 0.6) is 0 Å². The minimum atomic E-state index is -0.389. The summed E-state index contributed by atoms with van der Waals surface area (Å²) in [5, 5.41) is 3.62. The average molecular weight is 667 g/mol. The van der Waals surface area contributed by atoms with Crippen LogP contribution in [0.1, 0.15) is 65.1 Å². The Morgan fingerprint density at radius 2 is 1.67 bits per heavy atom. The van der Waals surface area contributed by atoms with Crippen LogP contribution in [0.15, 0.2) is 65.9 Å². The van der Waals surface area contributed by atoms with Crippen LogP contribution in [0, 0.1) is 0 Å². The zero-order valence-corrected chi connectivity index (χ0v) is 27.2. The molecule has 0 aromatic heterocycles. The maximum atomic E-state index is 13.6. The molecule has 0 aliphatic carbocycles. The second-order valence-electron chi connectivity index (χ2n) is 8.61. The van der Waals surface area contributed by atoms with Crippen molar-refractivity contribution < 1.29 is 14.3 Å². The summed E-state index contributed by atoms with van der Waals surface area (Å²) >= 11 is 2.35. The van der Waals surface area contributed by atoms with Crippen LogP contribution < -0.4 is 4.90 Å². The maximum Gasteiger partial charge on any atom is 0.346 e. The lowest BCUT2D eigenvalue weighted by atomic mass is 9.88. The molecule has 2 aromatic rings. The molecule has 2 aromatic carbocycles. The first-order valence-electron chi connectivity index (χ1n) is 13.8. The monoisotopic (exact) mass is 666 g/mol. The van der Waals surface area contributed by atoms with Crippen molar-refractivity contribution in [3.05, 3.63) is 77.1 Å². The number of imide groups is 1. The van der Waals surface area contributed by atoms with Crippen molar-refractivity contribution in [3.63, 3.8) is 0 Å². The zero-order valence-electron chi connectivity index (χ0n) is 24.3. The summed E-state index contributed by atoms with van der Waals surface area (Å²) in [5.41, 5.74) is 4.32. The molecule has 2 aliphatic heterocycles.